The highest BCUT2D eigenvalue weighted by atomic mass is 16.5. The third-order valence-corrected chi connectivity index (χ3v) is 4.31. The zero-order valence-electron chi connectivity index (χ0n) is 12.4. The molecule has 2 aromatic rings. The Balaban J connectivity index is 1.79. The van der Waals surface area contributed by atoms with Crippen molar-refractivity contribution in [2.75, 3.05) is 13.7 Å². The number of aromatic amines is 1. The zero-order chi connectivity index (χ0) is 13.9. The molecule has 1 N–H and O–H groups in total. The first-order chi connectivity index (χ1) is 9.80. The van der Waals surface area contributed by atoms with Crippen LogP contribution in [0.25, 0.3) is 11.0 Å². The van der Waals surface area contributed by atoms with Gasteiger partial charge in [0.25, 0.3) is 0 Å². The fourth-order valence-corrected chi connectivity index (χ4v) is 3.17. The molecule has 0 spiro atoms. The van der Waals surface area contributed by atoms with E-state index in [1.165, 1.54) is 32.2 Å². The molecule has 2 heterocycles. The van der Waals surface area contributed by atoms with Crippen LogP contribution in [0.4, 0.5) is 0 Å². The quantitative estimate of drug-likeness (QED) is 0.929. The first-order valence-electron chi connectivity index (χ1n) is 7.57. The van der Waals surface area contributed by atoms with Gasteiger partial charge in [-0.05, 0) is 37.9 Å². The second-order valence-corrected chi connectivity index (χ2v) is 5.59. The van der Waals surface area contributed by atoms with Gasteiger partial charge in [0.2, 0.25) is 0 Å². The van der Waals surface area contributed by atoms with Crippen molar-refractivity contribution in [3.8, 4) is 5.75 Å². The Morgan fingerprint density at radius 1 is 1.40 bits per heavy atom. The van der Waals surface area contributed by atoms with Gasteiger partial charge in [-0.2, -0.15) is 0 Å². The molecule has 1 unspecified atom stereocenters. The number of imidazole rings is 1. The highest BCUT2D eigenvalue weighted by molar-refractivity contribution is 5.76. The van der Waals surface area contributed by atoms with Crippen molar-refractivity contribution < 1.29 is 4.74 Å². The number of aromatic nitrogens is 2. The largest absolute Gasteiger partial charge is 0.497 e. The lowest BCUT2D eigenvalue weighted by atomic mass is 10.0. The van der Waals surface area contributed by atoms with E-state index in [4.69, 9.17) is 9.72 Å². The Hall–Kier alpha value is -1.55. The van der Waals surface area contributed by atoms with Crippen molar-refractivity contribution in [1.82, 2.24) is 14.9 Å². The van der Waals surface area contributed by atoms with E-state index in [1.807, 2.05) is 18.2 Å². The predicted octanol–water partition coefficient (Wildman–Crippen LogP) is 3.34. The minimum Gasteiger partial charge on any atom is -0.497 e. The zero-order valence-corrected chi connectivity index (χ0v) is 12.4. The Morgan fingerprint density at radius 3 is 3.10 bits per heavy atom. The lowest BCUT2D eigenvalue weighted by Crippen LogP contribution is -2.38. The number of benzene rings is 1. The summed E-state index contributed by atoms with van der Waals surface area (Å²) in [7, 11) is 1.69. The van der Waals surface area contributed by atoms with Crippen molar-refractivity contribution in [2.24, 2.45) is 0 Å². The number of hydrogen-bond donors (Lipinski definition) is 1. The van der Waals surface area contributed by atoms with Gasteiger partial charge in [0.1, 0.15) is 11.6 Å². The summed E-state index contributed by atoms with van der Waals surface area (Å²) in [6, 6.07) is 6.70. The van der Waals surface area contributed by atoms with Gasteiger partial charge in [-0.3, -0.25) is 4.90 Å². The lowest BCUT2D eigenvalue weighted by Gasteiger charge is -2.34. The molecule has 1 aromatic heterocycles. The molecule has 0 saturated carbocycles. The molecule has 1 saturated heterocycles. The van der Waals surface area contributed by atoms with Gasteiger partial charge in [0, 0.05) is 12.1 Å². The molecule has 20 heavy (non-hydrogen) atoms. The minimum absolute atomic E-state index is 0.714. The predicted molar refractivity (Wildman–Crippen MR) is 81.0 cm³/mol. The first kappa shape index (κ1) is 13.4. The molecular formula is C16H23N3O. The number of piperidine rings is 1. The average molecular weight is 273 g/mol. The highest BCUT2D eigenvalue weighted by Gasteiger charge is 2.21. The molecule has 1 fully saturated rings. The second-order valence-electron chi connectivity index (χ2n) is 5.59. The highest BCUT2D eigenvalue weighted by Crippen LogP contribution is 2.23. The molecule has 0 aliphatic carbocycles. The number of hydrogen-bond acceptors (Lipinski definition) is 3. The fourth-order valence-electron chi connectivity index (χ4n) is 3.17. The van der Waals surface area contributed by atoms with E-state index in [0.29, 0.717) is 6.04 Å². The molecule has 0 radical (unpaired) electrons. The number of ether oxygens (including phenoxy) is 1. The van der Waals surface area contributed by atoms with Gasteiger partial charge >= 0.3 is 0 Å². The molecular weight excluding hydrogens is 250 g/mol. The van der Waals surface area contributed by atoms with Crippen molar-refractivity contribution in [2.45, 2.75) is 45.2 Å². The van der Waals surface area contributed by atoms with Crippen LogP contribution in [0.3, 0.4) is 0 Å². The van der Waals surface area contributed by atoms with Crippen molar-refractivity contribution in [3.63, 3.8) is 0 Å². The summed E-state index contributed by atoms with van der Waals surface area (Å²) in [5.74, 6) is 1.94. The van der Waals surface area contributed by atoms with Crippen LogP contribution in [0.5, 0.6) is 5.75 Å². The van der Waals surface area contributed by atoms with Gasteiger partial charge in [0.05, 0.1) is 24.7 Å². The summed E-state index contributed by atoms with van der Waals surface area (Å²) in [5.41, 5.74) is 2.08. The van der Waals surface area contributed by atoms with E-state index >= 15 is 0 Å². The Labute approximate surface area is 120 Å². The van der Waals surface area contributed by atoms with Crippen LogP contribution in [0.15, 0.2) is 18.2 Å². The molecule has 1 aromatic carbocycles. The summed E-state index contributed by atoms with van der Waals surface area (Å²) in [4.78, 5) is 10.7. The van der Waals surface area contributed by atoms with Crippen molar-refractivity contribution in [3.05, 3.63) is 24.0 Å². The van der Waals surface area contributed by atoms with Crippen LogP contribution in [-0.4, -0.2) is 34.6 Å². The van der Waals surface area contributed by atoms with Crippen LogP contribution in [0, 0.1) is 0 Å². The number of fused-ring (bicyclic) bond motifs is 1. The van der Waals surface area contributed by atoms with E-state index in [-0.39, 0.29) is 0 Å². The summed E-state index contributed by atoms with van der Waals surface area (Å²) in [5, 5.41) is 0. The monoisotopic (exact) mass is 273 g/mol. The van der Waals surface area contributed by atoms with Crippen LogP contribution in [-0.2, 0) is 6.54 Å². The van der Waals surface area contributed by atoms with Crippen molar-refractivity contribution in [1.29, 1.82) is 0 Å². The SMILES string of the molecule is CCC1CCCCN1Cc1nc2ccc(OC)cc2[nH]1. The van der Waals surface area contributed by atoms with E-state index in [9.17, 15) is 0 Å². The van der Waals surface area contributed by atoms with Crippen LogP contribution in [0.1, 0.15) is 38.4 Å². The Bertz CT molecular complexity index is 578. The van der Waals surface area contributed by atoms with Gasteiger partial charge in [-0.15, -0.1) is 0 Å². The number of H-pyrrole nitrogens is 1. The molecule has 0 bridgehead atoms. The first-order valence-corrected chi connectivity index (χ1v) is 7.57. The third-order valence-electron chi connectivity index (χ3n) is 4.31. The molecule has 108 valence electrons. The normalized spacial score (nSPS) is 20.4. The van der Waals surface area contributed by atoms with E-state index < -0.39 is 0 Å². The van der Waals surface area contributed by atoms with E-state index in [0.717, 1.165) is 29.2 Å². The molecule has 4 nitrogen and oxygen atoms in total. The number of nitrogens with one attached hydrogen (secondary N) is 1. The lowest BCUT2D eigenvalue weighted by molar-refractivity contribution is 0.133. The average Bonchev–Trinajstić information content (AvgIpc) is 2.89. The van der Waals surface area contributed by atoms with E-state index in [1.54, 1.807) is 7.11 Å². The third kappa shape index (κ3) is 2.66. The minimum atomic E-state index is 0.714. The Kier molecular flexibility index (Phi) is 3.92. The maximum atomic E-state index is 5.26. The summed E-state index contributed by atoms with van der Waals surface area (Å²) in [6.07, 6.45) is 5.23. The van der Waals surface area contributed by atoms with Crippen LogP contribution < -0.4 is 4.74 Å². The molecule has 4 heteroatoms. The van der Waals surface area contributed by atoms with E-state index in [2.05, 4.69) is 16.8 Å². The van der Waals surface area contributed by atoms with Gasteiger partial charge in [0.15, 0.2) is 0 Å². The summed E-state index contributed by atoms with van der Waals surface area (Å²) in [6.45, 7) is 4.40. The number of methoxy groups -OCH3 is 1. The summed E-state index contributed by atoms with van der Waals surface area (Å²) < 4.78 is 5.26. The van der Waals surface area contributed by atoms with Crippen molar-refractivity contribution >= 4 is 11.0 Å². The second kappa shape index (κ2) is 5.83. The number of nitrogens with zero attached hydrogens (tertiary/aromatic N) is 2. The Morgan fingerprint density at radius 2 is 2.30 bits per heavy atom. The molecule has 1 aliphatic heterocycles. The molecule has 1 aliphatic rings. The van der Waals surface area contributed by atoms with Crippen LogP contribution >= 0.6 is 0 Å². The molecule has 3 rings (SSSR count). The molecule has 1 atom stereocenters. The number of rotatable bonds is 4. The van der Waals surface area contributed by atoms with Crippen LogP contribution in [0.2, 0.25) is 0 Å². The number of likely N-dealkylation sites (tertiary alicyclic amines) is 1. The topological polar surface area (TPSA) is 41.2 Å². The maximum absolute atomic E-state index is 5.26. The van der Waals surface area contributed by atoms with Gasteiger partial charge in [-0.25, -0.2) is 4.98 Å². The molecule has 0 amide bonds. The maximum Gasteiger partial charge on any atom is 0.121 e. The summed E-state index contributed by atoms with van der Waals surface area (Å²) >= 11 is 0. The fraction of sp³-hybridized carbons (Fsp3) is 0.562. The van der Waals surface area contributed by atoms with Gasteiger partial charge < -0.3 is 9.72 Å². The standard InChI is InChI=1S/C16H23N3O/c1-3-12-6-4-5-9-19(12)11-16-17-14-8-7-13(20-2)10-15(14)18-16/h7-8,10,12H,3-6,9,11H2,1-2H3,(H,17,18). The smallest absolute Gasteiger partial charge is 0.121 e. The van der Waals surface area contributed by atoms with Gasteiger partial charge in [-0.1, -0.05) is 13.3 Å².